The summed E-state index contributed by atoms with van der Waals surface area (Å²) in [5, 5.41) is 11.4. The lowest BCUT2D eigenvalue weighted by Crippen LogP contribution is -2.57. The van der Waals surface area contributed by atoms with E-state index in [1.165, 1.54) is 7.11 Å². The molecule has 1 aromatic carbocycles. The first-order valence-corrected chi connectivity index (χ1v) is 7.71. The molecule has 1 aliphatic heterocycles. The second kappa shape index (κ2) is 6.70. The summed E-state index contributed by atoms with van der Waals surface area (Å²) in [5.74, 6) is -0.0563. The van der Waals surface area contributed by atoms with Crippen LogP contribution < -0.4 is 0 Å². The second-order valence-corrected chi connectivity index (χ2v) is 5.91. The summed E-state index contributed by atoms with van der Waals surface area (Å²) in [6.07, 6.45) is 0.992. The lowest BCUT2D eigenvalue weighted by atomic mass is 10.0. The van der Waals surface area contributed by atoms with Crippen molar-refractivity contribution in [2.45, 2.75) is 24.7 Å². The molecule has 0 bridgehead atoms. The molecule has 0 radical (unpaired) electrons. The van der Waals surface area contributed by atoms with Crippen molar-refractivity contribution in [2.75, 3.05) is 27.4 Å². The van der Waals surface area contributed by atoms with Gasteiger partial charge in [0.2, 0.25) is 5.91 Å². The van der Waals surface area contributed by atoms with E-state index in [0.29, 0.717) is 13.2 Å². The van der Waals surface area contributed by atoms with Crippen LogP contribution in [-0.2, 0) is 20.7 Å². The fraction of sp³-hybridized carbons (Fsp3) is 0.471. The van der Waals surface area contributed by atoms with Crippen molar-refractivity contribution >= 4 is 16.8 Å². The number of fused-ring (bicyclic) bond motifs is 1. The molecule has 0 aliphatic carbocycles. The van der Waals surface area contributed by atoms with Crippen molar-refractivity contribution < 1.29 is 19.4 Å². The summed E-state index contributed by atoms with van der Waals surface area (Å²) in [6, 6.07) is 7.49. The highest BCUT2D eigenvalue weighted by atomic mass is 16.5. The predicted molar refractivity (Wildman–Crippen MR) is 86.2 cm³/mol. The van der Waals surface area contributed by atoms with E-state index in [4.69, 9.17) is 9.47 Å². The molecule has 124 valence electrons. The summed E-state index contributed by atoms with van der Waals surface area (Å²) in [5.41, 5.74) is 1.96. The van der Waals surface area contributed by atoms with E-state index < -0.39 is 18.2 Å². The van der Waals surface area contributed by atoms with Gasteiger partial charge in [0.05, 0.1) is 25.7 Å². The Hall–Kier alpha value is -1.89. The van der Waals surface area contributed by atoms with Crippen molar-refractivity contribution in [1.82, 2.24) is 9.88 Å². The number of nitrogens with zero attached hydrogens (tertiary/aromatic N) is 1. The number of carbonyl (C=O) groups is 1. The molecule has 1 aliphatic rings. The number of likely N-dealkylation sites (N-methyl/N-ethyl adjacent to an activating group) is 1. The van der Waals surface area contributed by atoms with Crippen molar-refractivity contribution in [3.8, 4) is 0 Å². The summed E-state index contributed by atoms with van der Waals surface area (Å²) >= 11 is 0. The van der Waals surface area contributed by atoms with Gasteiger partial charge < -0.3 is 24.5 Å². The van der Waals surface area contributed by atoms with Crippen LogP contribution in [0.1, 0.15) is 5.56 Å². The van der Waals surface area contributed by atoms with Gasteiger partial charge in [-0.3, -0.25) is 4.79 Å². The lowest BCUT2D eigenvalue weighted by molar-refractivity contribution is -0.157. The Labute approximate surface area is 135 Å². The average Bonchev–Trinajstić information content (AvgIpc) is 2.97. The Morgan fingerprint density at radius 3 is 3.00 bits per heavy atom. The summed E-state index contributed by atoms with van der Waals surface area (Å²) in [7, 11) is 3.24. The average molecular weight is 318 g/mol. The minimum Gasteiger partial charge on any atom is -0.388 e. The first-order valence-electron chi connectivity index (χ1n) is 7.71. The fourth-order valence-corrected chi connectivity index (χ4v) is 3.05. The number of ether oxygens (including phenoxy) is 2. The standard InChI is InChI=1S/C17H22N2O4/c1-19(14-9-23-10-15(22-2)17(14)21)16(20)7-11-8-18-13-6-4-3-5-12(11)13/h3-6,8,14-15,17-18,21H,7,9-10H2,1-2H3/t14-,15-,17+/m1/s1. The zero-order valence-electron chi connectivity index (χ0n) is 13.4. The molecule has 1 saturated heterocycles. The third-order valence-corrected chi connectivity index (χ3v) is 4.56. The molecule has 3 rings (SSSR count). The molecule has 1 aromatic heterocycles. The Morgan fingerprint density at radius 2 is 2.22 bits per heavy atom. The number of nitrogens with one attached hydrogen (secondary N) is 1. The number of benzene rings is 1. The minimum absolute atomic E-state index is 0.0563. The summed E-state index contributed by atoms with van der Waals surface area (Å²) in [4.78, 5) is 17.3. The number of H-pyrrole nitrogens is 1. The van der Waals surface area contributed by atoms with Gasteiger partial charge in [0.15, 0.2) is 0 Å². The fourth-order valence-electron chi connectivity index (χ4n) is 3.05. The number of aromatic amines is 1. The molecule has 23 heavy (non-hydrogen) atoms. The van der Waals surface area contributed by atoms with E-state index >= 15 is 0 Å². The van der Waals surface area contributed by atoms with E-state index in [9.17, 15) is 9.90 Å². The molecular formula is C17H22N2O4. The number of aromatic nitrogens is 1. The Kier molecular flexibility index (Phi) is 4.66. The lowest BCUT2D eigenvalue weighted by Gasteiger charge is -2.38. The first kappa shape index (κ1) is 16.0. The number of amides is 1. The number of rotatable bonds is 4. The van der Waals surface area contributed by atoms with E-state index in [2.05, 4.69) is 4.98 Å². The Bertz CT molecular complexity index is 684. The molecule has 3 atom stereocenters. The maximum Gasteiger partial charge on any atom is 0.227 e. The van der Waals surface area contributed by atoms with E-state index in [-0.39, 0.29) is 12.3 Å². The molecule has 2 N–H and O–H groups in total. The quantitative estimate of drug-likeness (QED) is 0.880. The number of carbonyl (C=O) groups excluding carboxylic acids is 1. The largest absolute Gasteiger partial charge is 0.388 e. The topological polar surface area (TPSA) is 74.8 Å². The Morgan fingerprint density at radius 1 is 1.43 bits per heavy atom. The van der Waals surface area contributed by atoms with Crippen LogP contribution in [0.15, 0.2) is 30.5 Å². The van der Waals surface area contributed by atoms with E-state index in [1.807, 2.05) is 30.5 Å². The van der Waals surface area contributed by atoms with Crippen LogP contribution in [0, 0.1) is 0 Å². The number of para-hydroxylation sites is 1. The number of aliphatic hydroxyl groups excluding tert-OH is 1. The SMILES string of the molecule is CO[C@@H]1COC[C@@H](N(C)C(=O)Cc2c[nH]c3ccccc23)[C@@H]1O. The van der Waals surface area contributed by atoms with Gasteiger partial charge in [0.1, 0.15) is 12.2 Å². The molecular weight excluding hydrogens is 296 g/mol. The van der Waals surface area contributed by atoms with Crippen molar-refractivity contribution in [2.24, 2.45) is 0 Å². The van der Waals surface area contributed by atoms with Crippen molar-refractivity contribution in [3.05, 3.63) is 36.0 Å². The Balaban J connectivity index is 1.72. The smallest absolute Gasteiger partial charge is 0.227 e. The highest BCUT2D eigenvalue weighted by molar-refractivity contribution is 5.88. The van der Waals surface area contributed by atoms with Crippen LogP contribution in [0.25, 0.3) is 10.9 Å². The van der Waals surface area contributed by atoms with Gasteiger partial charge in [-0.05, 0) is 11.6 Å². The van der Waals surface area contributed by atoms with Crippen LogP contribution in [-0.4, -0.2) is 66.5 Å². The van der Waals surface area contributed by atoms with Gasteiger partial charge in [0.25, 0.3) is 0 Å². The van der Waals surface area contributed by atoms with Crippen molar-refractivity contribution in [1.29, 1.82) is 0 Å². The van der Waals surface area contributed by atoms with Crippen molar-refractivity contribution in [3.63, 3.8) is 0 Å². The van der Waals surface area contributed by atoms with Gasteiger partial charge in [-0.15, -0.1) is 0 Å². The predicted octanol–water partition coefficient (Wildman–Crippen LogP) is 0.943. The first-order chi connectivity index (χ1) is 11.1. The third-order valence-electron chi connectivity index (χ3n) is 4.56. The number of aliphatic hydroxyl groups is 1. The van der Waals surface area contributed by atoms with E-state index in [1.54, 1.807) is 11.9 Å². The summed E-state index contributed by atoms with van der Waals surface area (Å²) in [6.45, 7) is 0.662. The molecule has 1 amide bonds. The van der Waals surface area contributed by atoms with Gasteiger partial charge in [-0.2, -0.15) is 0 Å². The minimum atomic E-state index is -0.745. The molecule has 0 unspecified atom stereocenters. The molecule has 2 heterocycles. The van der Waals surface area contributed by atoms with Gasteiger partial charge >= 0.3 is 0 Å². The van der Waals surface area contributed by atoms with Crippen LogP contribution in [0.5, 0.6) is 0 Å². The van der Waals surface area contributed by atoms with Crippen LogP contribution in [0.3, 0.4) is 0 Å². The second-order valence-electron chi connectivity index (χ2n) is 5.91. The third kappa shape index (κ3) is 3.10. The summed E-state index contributed by atoms with van der Waals surface area (Å²) < 4.78 is 10.7. The van der Waals surface area contributed by atoms with Gasteiger partial charge in [-0.25, -0.2) is 0 Å². The molecule has 1 fully saturated rings. The highest BCUT2D eigenvalue weighted by Crippen LogP contribution is 2.21. The maximum atomic E-state index is 12.6. The van der Waals surface area contributed by atoms with Crippen LogP contribution in [0.4, 0.5) is 0 Å². The van der Waals surface area contributed by atoms with Crippen LogP contribution >= 0.6 is 0 Å². The zero-order chi connectivity index (χ0) is 16.4. The van der Waals surface area contributed by atoms with E-state index in [0.717, 1.165) is 16.5 Å². The zero-order valence-corrected chi connectivity index (χ0v) is 13.4. The normalized spacial score (nSPS) is 24.7. The van der Waals surface area contributed by atoms with Crippen LogP contribution in [0.2, 0.25) is 0 Å². The molecule has 0 spiro atoms. The molecule has 2 aromatic rings. The number of hydrogen-bond acceptors (Lipinski definition) is 4. The molecule has 6 nitrogen and oxygen atoms in total. The number of methoxy groups -OCH3 is 1. The maximum absolute atomic E-state index is 12.6. The molecule has 6 heteroatoms. The monoisotopic (exact) mass is 318 g/mol. The van der Waals surface area contributed by atoms with Gasteiger partial charge in [-0.1, -0.05) is 18.2 Å². The number of hydrogen-bond donors (Lipinski definition) is 2. The van der Waals surface area contributed by atoms with Gasteiger partial charge in [0, 0.05) is 31.3 Å². The highest BCUT2D eigenvalue weighted by Gasteiger charge is 2.36. The molecule has 0 saturated carbocycles.